The topological polar surface area (TPSA) is 44.8 Å². The smallest absolute Gasteiger partial charge is 0.305 e. The molecule has 0 spiro atoms. The number of hydrogen-bond donors (Lipinski definition) is 0. The van der Waals surface area contributed by atoms with Gasteiger partial charge in [0.1, 0.15) is 0 Å². The molecule has 0 fully saturated rings. The zero-order valence-electron chi connectivity index (χ0n) is 11.9. The fraction of sp³-hybridized carbons (Fsp3) is 0.929. The number of esters is 1. The number of rotatable bonds is 13. The molecule has 0 heterocycles. The highest BCUT2D eigenvalue weighted by Crippen LogP contribution is 1.96. The lowest BCUT2D eigenvalue weighted by molar-refractivity contribution is -0.144. The number of unbranched alkanes of at least 4 members (excludes halogenated alkanes) is 2. The highest BCUT2D eigenvalue weighted by molar-refractivity contribution is 5.69. The zero-order valence-corrected chi connectivity index (χ0v) is 11.9. The van der Waals surface area contributed by atoms with Gasteiger partial charge in [-0.2, -0.15) is 0 Å². The highest BCUT2D eigenvalue weighted by atomic mass is 16.5. The van der Waals surface area contributed by atoms with Crippen molar-refractivity contribution in [2.24, 2.45) is 0 Å². The van der Waals surface area contributed by atoms with Crippen LogP contribution in [-0.4, -0.2) is 39.0 Å². The van der Waals surface area contributed by atoms with Gasteiger partial charge in [-0.25, -0.2) is 0 Å². The lowest BCUT2D eigenvalue weighted by Gasteiger charge is -2.06. The van der Waals surface area contributed by atoms with Crippen LogP contribution in [0, 0.1) is 0 Å². The van der Waals surface area contributed by atoms with Crippen LogP contribution in [0.15, 0.2) is 0 Å². The molecule has 0 saturated heterocycles. The predicted octanol–water partition coefficient (Wildman–Crippen LogP) is 2.94. The first kappa shape index (κ1) is 17.4. The Balaban J connectivity index is 3.08. The lowest BCUT2D eigenvalue weighted by Crippen LogP contribution is -2.09. The van der Waals surface area contributed by atoms with Crippen LogP contribution in [0.2, 0.25) is 0 Å². The van der Waals surface area contributed by atoms with Crippen LogP contribution in [0.25, 0.3) is 0 Å². The Hall–Kier alpha value is -0.610. The molecule has 0 aliphatic carbocycles. The third-order valence-electron chi connectivity index (χ3n) is 2.44. The van der Waals surface area contributed by atoms with E-state index in [2.05, 4.69) is 13.8 Å². The van der Waals surface area contributed by atoms with Crippen LogP contribution < -0.4 is 0 Å². The Morgan fingerprint density at radius 3 is 1.94 bits per heavy atom. The Morgan fingerprint density at radius 1 is 0.778 bits per heavy atom. The molecule has 0 saturated carbocycles. The second kappa shape index (κ2) is 14.5. The molecule has 0 rings (SSSR count). The minimum atomic E-state index is -0.119. The fourth-order valence-corrected chi connectivity index (χ4v) is 1.29. The van der Waals surface area contributed by atoms with Crippen molar-refractivity contribution in [3.8, 4) is 0 Å². The van der Waals surface area contributed by atoms with E-state index in [0.29, 0.717) is 32.8 Å². The summed E-state index contributed by atoms with van der Waals surface area (Å²) in [7, 11) is 0. The van der Waals surface area contributed by atoms with Gasteiger partial charge in [0.05, 0.1) is 19.8 Å². The second-order valence-corrected chi connectivity index (χ2v) is 4.26. The van der Waals surface area contributed by atoms with Crippen molar-refractivity contribution in [3.05, 3.63) is 0 Å². The van der Waals surface area contributed by atoms with Crippen LogP contribution in [0.5, 0.6) is 0 Å². The average molecular weight is 260 g/mol. The van der Waals surface area contributed by atoms with E-state index in [0.717, 1.165) is 38.7 Å². The third kappa shape index (κ3) is 13.5. The monoisotopic (exact) mass is 260 g/mol. The molecule has 0 atom stereocenters. The van der Waals surface area contributed by atoms with Crippen molar-refractivity contribution in [1.29, 1.82) is 0 Å². The maximum Gasteiger partial charge on any atom is 0.305 e. The molecule has 108 valence electrons. The summed E-state index contributed by atoms with van der Waals surface area (Å²) in [4.78, 5) is 11.2. The summed E-state index contributed by atoms with van der Waals surface area (Å²) in [6.45, 7) is 7.41. The summed E-state index contributed by atoms with van der Waals surface area (Å²) in [6.07, 6.45) is 5.41. The van der Waals surface area contributed by atoms with E-state index in [9.17, 15) is 4.79 Å². The first-order valence-electron chi connectivity index (χ1n) is 7.12. The van der Waals surface area contributed by atoms with Crippen molar-refractivity contribution in [2.75, 3.05) is 33.0 Å². The van der Waals surface area contributed by atoms with E-state index in [1.54, 1.807) is 0 Å². The molecule has 0 aliphatic heterocycles. The summed E-state index contributed by atoms with van der Waals surface area (Å²) in [5.74, 6) is -0.119. The van der Waals surface area contributed by atoms with Gasteiger partial charge in [0, 0.05) is 19.6 Å². The standard InChI is InChI=1S/C14H28O4/c1-3-5-9-16-12-13-17-10-7-8-14(15)18-11-6-4-2/h3-13H2,1-2H3. The molecule has 0 N–H and O–H groups in total. The predicted molar refractivity (Wildman–Crippen MR) is 71.6 cm³/mol. The number of ether oxygens (including phenoxy) is 3. The van der Waals surface area contributed by atoms with Crippen LogP contribution in [0.3, 0.4) is 0 Å². The van der Waals surface area contributed by atoms with Gasteiger partial charge in [-0.15, -0.1) is 0 Å². The normalized spacial score (nSPS) is 10.6. The largest absolute Gasteiger partial charge is 0.466 e. The zero-order chi connectivity index (χ0) is 13.5. The number of carbonyl (C=O) groups is 1. The van der Waals surface area contributed by atoms with E-state index in [1.165, 1.54) is 0 Å². The Bertz CT molecular complexity index is 183. The first-order valence-corrected chi connectivity index (χ1v) is 7.12. The molecule has 0 aromatic rings. The minimum Gasteiger partial charge on any atom is -0.466 e. The summed E-state index contributed by atoms with van der Waals surface area (Å²) in [5.41, 5.74) is 0. The molecule has 0 aliphatic rings. The molecule has 0 radical (unpaired) electrons. The highest BCUT2D eigenvalue weighted by Gasteiger charge is 2.01. The summed E-state index contributed by atoms with van der Waals surface area (Å²) in [6, 6.07) is 0. The fourth-order valence-electron chi connectivity index (χ4n) is 1.29. The van der Waals surface area contributed by atoms with E-state index >= 15 is 0 Å². The molecular weight excluding hydrogens is 232 g/mol. The van der Waals surface area contributed by atoms with E-state index < -0.39 is 0 Å². The minimum absolute atomic E-state index is 0.119. The van der Waals surface area contributed by atoms with Crippen molar-refractivity contribution in [2.45, 2.75) is 52.4 Å². The van der Waals surface area contributed by atoms with Gasteiger partial charge in [0.25, 0.3) is 0 Å². The number of hydrogen-bond acceptors (Lipinski definition) is 4. The van der Waals surface area contributed by atoms with Gasteiger partial charge in [0.15, 0.2) is 0 Å². The SMILES string of the molecule is CCCCOCCOCCCC(=O)OCCCC. The maximum absolute atomic E-state index is 11.2. The Morgan fingerprint density at radius 2 is 1.33 bits per heavy atom. The first-order chi connectivity index (χ1) is 8.81. The van der Waals surface area contributed by atoms with E-state index in [-0.39, 0.29) is 5.97 Å². The van der Waals surface area contributed by atoms with Crippen LogP contribution in [-0.2, 0) is 19.0 Å². The molecule has 0 unspecified atom stereocenters. The van der Waals surface area contributed by atoms with Crippen molar-refractivity contribution >= 4 is 5.97 Å². The van der Waals surface area contributed by atoms with Crippen LogP contribution in [0.1, 0.15) is 52.4 Å². The Labute approximate surface area is 111 Å². The van der Waals surface area contributed by atoms with Crippen molar-refractivity contribution in [3.63, 3.8) is 0 Å². The van der Waals surface area contributed by atoms with Gasteiger partial charge in [-0.1, -0.05) is 26.7 Å². The molecule has 0 bridgehead atoms. The molecule has 0 aromatic carbocycles. The quantitative estimate of drug-likeness (QED) is 0.377. The number of carbonyl (C=O) groups excluding carboxylic acids is 1. The molecule has 4 heteroatoms. The van der Waals surface area contributed by atoms with Gasteiger partial charge in [-0.05, 0) is 19.3 Å². The molecule has 18 heavy (non-hydrogen) atoms. The van der Waals surface area contributed by atoms with Crippen molar-refractivity contribution in [1.82, 2.24) is 0 Å². The van der Waals surface area contributed by atoms with Gasteiger partial charge < -0.3 is 14.2 Å². The van der Waals surface area contributed by atoms with E-state index in [1.807, 2.05) is 0 Å². The molecule has 0 aromatic heterocycles. The lowest BCUT2D eigenvalue weighted by atomic mass is 10.3. The summed E-state index contributed by atoms with van der Waals surface area (Å²) >= 11 is 0. The Kier molecular flexibility index (Phi) is 14.0. The molecule has 4 nitrogen and oxygen atoms in total. The van der Waals surface area contributed by atoms with Crippen LogP contribution >= 0.6 is 0 Å². The van der Waals surface area contributed by atoms with Gasteiger partial charge in [0.2, 0.25) is 0 Å². The maximum atomic E-state index is 11.2. The average Bonchev–Trinajstić information content (AvgIpc) is 2.37. The van der Waals surface area contributed by atoms with Crippen LogP contribution in [0.4, 0.5) is 0 Å². The molecule has 0 amide bonds. The third-order valence-corrected chi connectivity index (χ3v) is 2.44. The van der Waals surface area contributed by atoms with Gasteiger partial charge in [-0.3, -0.25) is 4.79 Å². The van der Waals surface area contributed by atoms with E-state index in [4.69, 9.17) is 14.2 Å². The van der Waals surface area contributed by atoms with Gasteiger partial charge >= 0.3 is 5.97 Å². The second-order valence-electron chi connectivity index (χ2n) is 4.26. The van der Waals surface area contributed by atoms with Crippen molar-refractivity contribution < 1.29 is 19.0 Å². The summed E-state index contributed by atoms with van der Waals surface area (Å²) in [5, 5.41) is 0. The molecular formula is C14H28O4. The summed E-state index contributed by atoms with van der Waals surface area (Å²) < 4.78 is 15.7.